The third-order valence-corrected chi connectivity index (χ3v) is 4.10. The molecule has 8 heteroatoms. The fourth-order valence-electron chi connectivity index (χ4n) is 2.51. The van der Waals surface area contributed by atoms with Crippen molar-refractivity contribution in [3.05, 3.63) is 52.4 Å². The number of likely N-dealkylation sites (tertiary alicyclic amines) is 1. The van der Waals surface area contributed by atoms with Crippen LogP contribution < -0.4 is 11.1 Å². The molecular weight excluding hydrogens is 398 g/mol. The number of carbonyl (C=O) groups is 2. The number of benzene rings is 1. The summed E-state index contributed by atoms with van der Waals surface area (Å²) >= 11 is 3.15. The Hall–Kier alpha value is -1.83. The van der Waals surface area contributed by atoms with Crippen LogP contribution in [0.15, 0.2) is 45.5 Å². The summed E-state index contributed by atoms with van der Waals surface area (Å²) in [7, 11) is 0. The molecule has 1 aliphatic rings. The van der Waals surface area contributed by atoms with Gasteiger partial charge in [0.25, 0.3) is 11.8 Å². The lowest BCUT2D eigenvalue weighted by Gasteiger charge is -2.16. The first-order valence-electron chi connectivity index (χ1n) is 7.24. The maximum Gasteiger partial charge on any atom is 0.291 e. The van der Waals surface area contributed by atoms with E-state index in [9.17, 15) is 9.59 Å². The van der Waals surface area contributed by atoms with Gasteiger partial charge >= 0.3 is 0 Å². The fraction of sp³-hybridized carbons (Fsp3) is 0.250. The lowest BCUT2D eigenvalue weighted by molar-refractivity contribution is 0.0790. The summed E-state index contributed by atoms with van der Waals surface area (Å²) in [5, 5.41) is 2.72. The normalized spacial score (nSPS) is 16.6. The van der Waals surface area contributed by atoms with Crippen molar-refractivity contribution in [3.8, 4) is 0 Å². The quantitative estimate of drug-likeness (QED) is 0.808. The van der Waals surface area contributed by atoms with Gasteiger partial charge in [-0.2, -0.15) is 0 Å². The van der Waals surface area contributed by atoms with Crippen LogP contribution in [0.2, 0.25) is 0 Å². The molecule has 6 nitrogen and oxygen atoms in total. The maximum atomic E-state index is 12.4. The van der Waals surface area contributed by atoms with Gasteiger partial charge in [0.15, 0.2) is 10.4 Å². The van der Waals surface area contributed by atoms with Crippen LogP contribution >= 0.6 is 28.3 Å². The number of hydrogen-bond donors (Lipinski definition) is 2. The zero-order chi connectivity index (χ0) is 16.4. The minimum Gasteiger partial charge on any atom is -0.444 e. The number of rotatable bonds is 3. The van der Waals surface area contributed by atoms with Crippen LogP contribution in [0.1, 0.15) is 27.3 Å². The number of furan rings is 1. The standard InChI is InChI=1S/C16H16BrN3O3.ClH/c17-14-5-4-13(23-14)15(21)19-12-3-1-2-10(8-12)16(22)20-7-6-11(18)9-20;/h1-5,8,11H,6-7,9,18H2,(H,19,21);1H/t11-;/m1./s1. The molecule has 1 aliphatic heterocycles. The van der Waals surface area contributed by atoms with Crippen LogP contribution in [0.4, 0.5) is 5.69 Å². The van der Waals surface area contributed by atoms with Gasteiger partial charge in [-0.15, -0.1) is 12.4 Å². The Bertz CT molecular complexity index is 750. The smallest absolute Gasteiger partial charge is 0.291 e. The fourth-order valence-corrected chi connectivity index (χ4v) is 2.82. The second kappa shape index (κ2) is 7.83. The first-order valence-corrected chi connectivity index (χ1v) is 8.04. The predicted molar refractivity (Wildman–Crippen MR) is 96.5 cm³/mol. The molecule has 0 spiro atoms. The molecule has 1 fully saturated rings. The Balaban J connectivity index is 0.00000208. The average Bonchev–Trinajstić information content (AvgIpc) is 3.15. The highest BCUT2D eigenvalue weighted by atomic mass is 79.9. The van der Waals surface area contributed by atoms with Crippen LogP contribution in [0.3, 0.4) is 0 Å². The van der Waals surface area contributed by atoms with Gasteiger partial charge in [-0.1, -0.05) is 6.07 Å². The van der Waals surface area contributed by atoms with Crippen LogP contribution in [0.25, 0.3) is 0 Å². The van der Waals surface area contributed by atoms with Crippen molar-refractivity contribution in [1.29, 1.82) is 0 Å². The summed E-state index contributed by atoms with van der Waals surface area (Å²) in [6, 6.07) is 10.1. The minimum atomic E-state index is -0.372. The molecule has 2 aromatic rings. The highest BCUT2D eigenvalue weighted by Gasteiger charge is 2.24. The first-order chi connectivity index (χ1) is 11.0. The molecule has 0 aliphatic carbocycles. The van der Waals surface area contributed by atoms with Gasteiger partial charge in [0.05, 0.1) is 0 Å². The molecule has 128 valence electrons. The van der Waals surface area contributed by atoms with Crippen molar-refractivity contribution in [2.45, 2.75) is 12.5 Å². The van der Waals surface area contributed by atoms with Crippen molar-refractivity contribution in [2.75, 3.05) is 18.4 Å². The molecule has 0 unspecified atom stereocenters. The lowest BCUT2D eigenvalue weighted by Crippen LogP contribution is -2.31. The van der Waals surface area contributed by atoms with E-state index in [0.717, 1.165) is 6.42 Å². The largest absolute Gasteiger partial charge is 0.444 e. The molecule has 2 amide bonds. The van der Waals surface area contributed by atoms with E-state index < -0.39 is 0 Å². The topological polar surface area (TPSA) is 88.6 Å². The Kier molecular flexibility index (Phi) is 6.04. The molecule has 1 saturated heterocycles. The van der Waals surface area contributed by atoms with E-state index >= 15 is 0 Å². The summed E-state index contributed by atoms with van der Waals surface area (Å²) in [6.45, 7) is 1.23. The van der Waals surface area contributed by atoms with Crippen molar-refractivity contribution >= 4 is 45.8 Å². The number of halogens is 2. The molecule has 3 N–H and O–H groups in total. The Labute approximate surface area is 153 Å². The zero-order valence-electron chi connectivity index (χ0n) is 12.7. The number of hydrogen-bond acceptors (Lipinski definition) is 4. The van der Waals surface area contributed by atoms with Crippen molar-refractivity contribution in [1.82, 2.24) is 4.90 Å². The number of nitrogens with zero attached hydrogens (tertiary/aromatic N) is 1. The van der Waals surface area contributed by atoms with E-state index in [1.165, 1.54) is 0 Å². The molecule has 1 atom stereocenters. The predicted octanol–water partition coefficient (Wildman–Crippen LogP) is 2.89. The van der Waals surface area contributed by atoms with E-state index in [1.807, 2.05) is 0 Å². The average molecular weight is 415 g/mol. The summed E-state index contributed by atoms with van der Waals surface area (Å²) in [6.07, 6.45) is 0.815. The van der Waals surface area contributed by atoms with E-state index in [4.69, 9.17) is 10.2 Å². The Morgan fingerprint density at radius 3 is 2.71 bits per heavy atom. The number of carbonyl (C=O) groups excluding carboxylic acids is 2. The molecular formula is C16H17BrClN3O3. The number of amides is 2. The SMILES string of the molecule is Cl.N[C@@H]1CCN(C(=O)c2cccc(NC(=O)c3ccc(Br)o3)c2)C1. The Morgan fingerprint density at radius 2 is 2.08 bits per heavy atom. The van der Waals surface area contributed by atoms with Crippen molar-refractivity contribution < 1.29 is 14.0 Å². The Morgan fingerprint density at radius 1 is 1.29 bits per heavy atom. The number of nitrogens with two attached hydrogens (primary N) is 1. The minimum absolute atomic E-state index is 0. The summed E-state index contributed by atoms with van der Waals surface area (Å²) < 4.78 is 5.69. The highest BCUT2D eigenvalue weighted by molar-refractivity contribution is 9.10. The van der Waals surface area contributed by atoms with E-state index in [0.29, 0.717) is 29.0 Å². The van der Waals surface area contributed by atoms with Gasteiger partial charge in [0, 0.05) is 30.4 Å². The van der Waals surface area contributed by atoms with Gasteiger partial charge in [-0.05, 0) is 52.7 Å². The zero-order valence-corrected chi connectivity index (χ0v) is 15.1. The van der Waals surface area contributed by atoms with Gasteiger partial charge in [-0.3, -0.25) is 9.59 Å². The second-order valence-corrected chi connectivity index (χ2v) is 6.22. The third kappa shape index (κ3) is 4.17. The third-order valence-electron chi connectivity index (χ3n) is 3.68. The van der Waals surface area contributed by atoms with E-state index in [1.54, 1.807) is 41.3 Å². The number of nitrogens with one attached hydrogen (secondary N) is 1. The summed E-state index contributed by atoms with van der Waals surface area (Å²) in [4.78, 5) is 26.2. The molecule has 3 rings (SSSR count). The van der Waals surface area contributed by atoms with Gasteiger partial charge < -0.3 is 20.4 Å². The molecule has 1 aromatic carbocycles. The van der Waals surface area contributed by atoms with Crippen LogP contribution in [0.5, 0.6) is 0 Å². The van der Waals surface area contributed by atoms with Crippen LogP contribution in [-0.2, 0) is 0 Å². The monoisotopic (exact) mass is 413 g/mol. The summed E-state index contributed by atoms with van der Waals surface area (Å²) in [5.41, 5.74) is 6.90. The summed E-state index contributed by atoms with van der Waals surface area (Å²) in [5.74, 6) is -0.252. The van der Waals surface area contributed by atoms with E-state index in [2.05, 4.69) is 21.2 Å². The van der Waals surface area contributed by atoms with Gasteiger partial charge in [-0.25, -0.2) is 0 Å². The molecule has 0 saturated carbocycles. The van der Waals surface area contributed by atoms with Crippen molar-refractivity contribution in [3.63, 3.8) is 0 Å². The van der Waals surface area contributed by atoms with Gasteiger partial charge in [0.1, 0.15) is 0 Å². The number of anilines is 1. The van der Waals surface area contributed by atoms with E-state index in [-0.39, 0.29) is 36.0 Å². The van der Waals surface area contributed by atoms with Gasteiger partial charge in [0.2, 0.25) is 0 Å². The second-order valence-electron chi connectivity index (χ2n) is 5.44. The molecule has 0 radical (unpaired) electrons. The molecule has 2 heterocycles. The highest BCUT2D eigenvalue weighted by Crippen LogP contribution is 2.18. The molecule has 24 heavy (non-hydrogen) atoms. The maximum absolute atomic E-state index is 12.4. The molecule has 1 aromatic heterocycles. The molecule has 0 bridgehead atoms. The lowest BCUT2D eigenvalue weighted by atomic mass is 10.1. The first kappa shape index (κ1) is 18.5. The van der Waals surface area contributed by atoms with Crippen LogP contribution in [-0.4, -0.2) is 35.8 Å². The van der Waals surface area contributed by atoms with Crippen LogP contribution in [0, 0.1) is 0 Å². The van der Waals surface area contributed by atoms with Crippen molar-refractivity contribution in [2.24, 2.45) is 5.73 Å².